The maximum atomic E-state index is 13.2. The van der Waals surface area contributed by atoms with E-state index in [-0.39, 0.29) is 30.4 Å². The van der Waals surface area contributed by atoms with E-state index in [1.54, 1.807) is 35.4 Å². The largest absolute Gasteiger partial charge is 0.493 e. The van der Waals surface area contributed by atoms with Crippen molar-refractivity contribution in [1.29, 1.82) is 0 Å². The fourth-order valence-electron chi connectivity index (χ4n) is 4.75. The second-order valence-electron chi connectivity index (χ2n) is 8.68. The van der Waals surface area contributed by atoms with Crippen LogP contribution in [0.3, 0.4) is 0 Å². The minimum Gasteiger partial charge on any atom is -0.493 e. The topological polar surface area (TPSA) is 53.8 Å². The summed E-state index contributed by atoms with van der Waals surface area (Å²) in [5.41, 5.74) is 2.23. The maximum Gasteiger partial charge on any atom is 0.262 e. The number of ether oxygens (including phenoxy) is 1. The van der Waals surface area contributed by atoms with E-state index >= 15 is 0 Å². The van der Waals surface area contributed by atoms with Gasteiger partial charge in [-0.25, -0.2) is 4.98 Å². The molecule has 1 saturated heterocycles. The molecule has 35 heavy (non-hydrogen) atoms. The number of hydrogen-bond acceptors (Lipinski definition) is 7. The first-order valence-corrected chi connectivity index (χ1v) is 12.7. The highest BCUT2D eigenvalue weighted by atomic mass is 35.5. The zero-order valence-corrected chi connectivity index (χ0v) is 23.6. The van der Waals surface area contributed by atoms with Crippen molar-refractivity contribution in [3.05, 3.63) is 49.3 Å². The molecule has 0 spiro atoms. The van der Waals surface area contributed by atoms with Gasteiger partial charge in [0.1, 0.15) is 4.83 Å². The number of fused-ring (bicyclic) bond motifs is 3. The summed E-state index contributed by atoms with van der Waals surface area (Å²) in [6.07, 6.45) is 2.64. The molecular formula is C23H29Cl4N5O2S. The van der Waals surface area contributed by atoms with Crippen LogP contribution in [0.1, 0.15) is 10.4 Å². The first-order valence-electron chi connectivity index (χ1n) is 11.1. The van der Waals surface area contributed by atoms with Gasteiger partial charge in [0.15, 0.2) is 5.75 Å². The average molecular weight is 581 g/mol. The van der Waals surface area contributed by atoms with E-state index in [0.717, 1.165) is 68.1 Å². The normalized spacial score (nSPS) is 16.5. The number of benzene rings is 1. The zero-order valence-electron chi connectivity index (χ0n) is 19.6. The Hall–Kier alpha value is -1.26. The van der Waals surface area contributed by atoms with Crippen molar-refractivity contribution < 1.29 is 4.74 Å². The van der Waals surface area contributed by atoms with E-state index < -0.39 is 0 Å². The van der Waals surface area contributed by atoms with Gasteiger partial charge in [0.25, 0.3) is 5.56 Å². The lowest BCUT2D eigenvalue weighted by atomic mass is 10.1. The van der Waals surface area contributed by atoms with Gasteiger partial charge in [0.2, 0.25) is 0 Å². The number of aromatic nitrogens is 2. The fourth-order valence-corrected chi connectivity index (χ4v) is 6.57. The highest BCUT2D eigenvalue weighted by Gasteiger charge is 2.24. The van der Waals surface area contributed by atoms with Crippen LogP contribution >= 0.6 is 59.4 Å². The van der Waals surface area contributed by atoms with Gasteiger partial charge in [-0.15, -0.1) is 36.2 Å². The third kappa shape index (κ3) is 5.69. The number of halogens is 4. The number of methoxy groups -OCH3 is 1. The molecule has 4 heterocycles. The van der Waals surface area contributed by atoms with Crippen LogP contribution in [-0.4, -0.2) is 72.8 Å². The van der Waals surface area contributed by atoms with Gasteiger partial charge in [0.05, 0.1) is 29.5 Å². The molecule has 0 saturated carbocycles. The average Bonchev–Trinajstić information content (AvgIpc) is 3.17. The molecule has 0 unspecified atom stereocenters. The van der Waals surface area contributed by atoms with Gasteiger partial charge < -0.3 is 14.5 Å². The first kappa shape index (κ1) is 28.3. The molecular weight excluding hydrogens is 552 g/mol. The van der Waals surface area contributed by atoms with Crippen LogP contribution in [0.2, 0.25) is 10.0 Å². The second kappa shape index (κ2) is 11.9. The summed E-state index contributed by atoms with van der Waals surface area (Å²) in [6.45, 7) is 6.79. The number of piperazine rings is 1. The molecule has 0 radical (unpaired) electrons. The SMILES string of the molecule is COc1c(Cl)cc(Cl)cc1N1CCN(CCn2cnc3sc4c(c3c2=O)CCN(C)C4)CC1.Cl.Cl. The predicted octanol–water partition coefficient (Wildman–Crippen LogP) is 4.43. The van der Waals surface area contributed by atoms with Gasteiger partial charge >= 0.3 is 0 Å². The molecule has 1 fully saturated rings. The van der Waals surface area contributed by atoms with Crippen molar-refractivity contribution >= 4 is 75.3 Å². The molecule has 1 aromatic carbocycles. The highest BCUT2D eigenvalue weighted by molar-refractivity contribution is 7.18. The summed E-state index contributed by atoms with van der Waals surface area (Å²) in [7, 11) is 3.75. The van der Waals surface area contributed by atoms with Gasteiger partial charge in [-0.2, -0.15) is 0 Å². The quantitative estimate of drug-likeness (QED) is 0.445. The molecule has 2 aliphatic heterocycles. The van der Waals surface area contributed by atoms with Crippen molar-refractivity contribution in [2.45, 2.75) is 19.5 Å². The molecule has 7 nitrogen and oxygen atoms in total. The van der Waals surface area contributed by atoms with Crippen LogP contribution in [0.15, 0.2) is 23.3 Å². The van der Waals surface area contributed by atoms with Gasteiger partial charge in [-0.1, -0.05) is 23.2 Å². The minimum absolute atomic E-state index is 0. The number of thiophene rings is 1. The summed E-state index contributed by atoms with van der Waals surface area (Å²) >= 11 is 14.2. The number of nitrogens with zero attached hydrogens (tertiary/aromatic N) is 5. The van der Waals surface area contributed by atoms with E-state index in [1.807, 2.05) is 6.07 Å². The van der Waals surface area contributed by atoms with Crippen molar-refractivity contribution in [2.75, 3.05) is 58.3 Å². The summed E-state index contributed by atoms with van der Waals surface area (Å²) in [5.74, 6) is 0.658. The molecule has 2 aliphatic rings. The van der Waals surface area contributed by atoms with Crippen LogP contribution in [0.25, 0.3) is 10.2 Å². The molecule has 5 rings (SSSR count). The Morgan fingerprint density at radius 2 is 1.83 bits per heavy atom. The Morgan fingerprint density at radius 3 is 2.54 bits per heavy atom. The Balaban J connectivity index is 0.00000171. The number of anilines is 1. The lowest BCUT2D eigenvalue weighted by molar-refractivity contribution is 0.246. The van der Waals surface area contributed by atoms with Crippen LogP contribution in [0.5, 0.6) is 5.75 Å². The summed E-state index contributed by atoms with van der Waals surface area (Å²) in [5, 5.41) is 1.95. The molecule has 0 N–H and O–H groups in total. The van der Waals surface area contributed by atoms with Crippen molar-refractivity contribution in [2.24, 2.45) is 0 Å². The van der Waals surface area contributed by atoms with Crippen molar-refractivity contribution in [1.82, 2.24) is 19.4 Å². The molecule has 2 aromatic heterocycles. The fraction of sp³-hybridized carbons (Fsp3) is 0.478. The smallest absolute Gasteiger partial charge is 0.262 e. The lowest BCUT2D eigenvalue weighted by Crippen LogP contribution is -2.47. The summed E-state index contributed by atoms with van der Waals surface area (Å²) in [6, 6.07) is 3.61. The van der Waals surface area contributed by atoms with E-state index in [9.17, 15) is 4.79 Å². The molecule has 0 atom stereocenters. The first-order chi connectivity index (χ1) is 15.9. The lowest BCUT2D eigenvalue weighted by Gasteiger charge is -2.36. The Kier molecular flexibility index (Phi) is 9.59. The van der Waals surface area contributed by atoms with Gasteiger partial charge in [-0.3, -0.25) is 14.3 Å². The Morgan fingerprint density at radius 1 is 1.09 bits per heavy atom. The Labute approximate surface area is 231 Å². The number of likely N-dealkylation sites (N-methyl/N-ethyl adjacent to an activating group) is 1. The molecule has 3 aromatic rings. The monoisotopic (exact) mass is 579 g/mol. The van der Waals surface area contributed by atoms with Crippen molar-refractivity contribution in [3.63, 3.8) is 0 Å². The molecule has 192 valence electrons. The Bertz CT molecular complexity index is 1240. The van der Waals surface area contributed by atoms with Crippen LogP contribution in [0.4, 0.5) is 5.69 Å². The van der Waals surface area contributed by atoms with Crippen LogP contribution < -0.4 is 15.2 Å². The second-order valence-corrected chi connectivity index (χ2v) is 10.6. The zero-order chi connectivity index (χ0) is 23.1. The summed E-state index contributed by atoms with van der Waals surface area (Å²) < 4.78 is 7.29. The maximum absolute atomic E-state index is 13.2. The van der Waals surface area contributed by atoms with E-state index in [1.165, 1.54) is 10.4 Å². The highest BCUT2D eigenvalue weighted by Crippen LogP contribution is 2.38. The summed E-state index contributed by atoms with van der Waals surface area (Å²) in [4.78, 5) is 26.9. The van der Waals surface area contributed by atoms with E-state index in [2.05, 4.69) is 26.7 Å². The molecule has 0 aliphatic carbocycles. The van der Waals surface area contributed by atoms with E-state index in [4.69, 9.17) is 27.9 Å². The molecule has 12 heteroatoms. The third-order valence-electron chi connectivity index (χ3n) is 6.58. The van der Waals surface area contributed by atoms with Crippen molar-refractivity contribution in [3.8, 4) is 5.75 Å². The number of rotatable bonds is 5. The standard InChI is InChI=1S/C23H27Cl2N5O2S.2ClH/c1-27-4-3-16-19(13-27)33-22-20(16)23(31)30(14-26-22)10-7-28-5-8-29(9-6-28)18-12-15(24)11-17(25)21(18)32-2;;/h11-12,14H,3-10,13H2,1-2H3;2*1H. The third-order valence-corrected chi connectivity index (χ3v) is 8.21. The van der Waals surface area contributed by atoms with Crippen LogP contribution in [0, 0.1) is 0 Å². The molecule has 0 amide bonds. The van der Waals surface area contributed by atoms with Gasteiger partial charge in [-0.05, 0) is 31.2 Å². The predicted molar refractivity (Wildman–Crippen MR) is 150 cm³/mol. The van der Waals surface area contributed by atoms with E-state index in [0.29, 0.717) is 22.3 Å². The molecule has 0 bridgehead atoms. The van der Waals surface area contributed by atoms with Crippen LogP contribution in [-0.2, 0) is 19.5 Å². The minimum atomic E-state index is 0. The number of hydrogen-bond donors (Lipinski definition) is 0. The van der Waals surface area contributed by atoms with Gasteiger partial charge in [0, 0.05) is 62.3 Å².